The number of nitrogens with one attached hydrogen (secondary N) is 2. The molecule has 1 atom stereocenters. The summed E-state index contributed by atoms with van der Waals surface area (Å²) in [6.07, 6.45) is 4.05. The number of rotatable bonds is 3. The molecule has 2 fully saturated rings. The average Bonchev–Trinajstić information content (AvgIpc) is 2.81. The van der Waals surface area contributed by atoms with Crippen molar-refractivity contribution in [2.24, 2.45) is 0 Å². The SMILES string of the molecule is C[C@@H](C(=O)Nc1cc(Cl)ccc1Cl)N1C(=O)NC2(CCCCC2)C1=O. The molecular weight excluding hydrogens is 365 g/mol. The molecule has 1 saturated carbocycles. The minimum atomic E-state index is -0.955. The molecule has 3 rings (SSSR count). The van der Waals surface area contributed by atoms with E-state index in [2.05, 4.69) is 10.6 Å². The quantitative estimate of drug-likeness (QED) is 0.782. The van der Waals surface area contributed by atoms with Gasteiger partial charge in [-0.1, -0.05) is 42.5 Å². The number of hydrogen-bond donors (Lipinski definition) is 2. The maximum absolute atomic E-state index is 12.8. The first-order valence-corrected chi connectivity index (χ1v) is 9.01. The molecule has 0 aromatic heterocycles. The molecule has 2 N–H and O–H groups in total. The molecule has 8 heteroatoms. The van der Waals surface area contributed by atoms with Crippen LogP contribution in [-0.4, -0.2) is 34.3 Å². The first kappa shape index (κ1) is 18.0. The van der Waals surface area contributed by atoms with Crippen LogP contribution < -0.4 is 10.6 Å². The third-order valence-corrected chi connectivity index (χ3v) is 5.42. The number of nitrogens with zero attached hydrogens (tertiary/aromatic N) is 1. The van der Waals surface area contributed by atoms with Gasteiger partial charge < -0.3 is 10.6 Å². The van der Waals surface area contributed by atoms with E-state index in [0.29, 0.717) is 28.6 Å². The number of amides is 4. The van der Waals surface area contributed by atoms with Crippen molar-refractivity contribution in [2.45, 2.75) is 50.6 Å². The summed E-state index contributed by atoms with van der Waals surface area (Å²) < 4.78 is 0. The van der Waals surface area contributed by atoms with Gasteiger partial charge in [0.1, 0.15) is 11.6 Å². The summed E-state index contributed by atoms with van der Waals surface area (Å²) in [5, 5.41) is 6.18. The Bertz CT molecular complexity index is 732. The zero-order valence-corrected chi connectivity index (χ0v) is 15.3. The number of anilines is 1. The van der Waals surface area contributed by atoms with Gasteiger partial charge in [-0.2, -0.15) is 0 Å². The van der Waals surface area contributed by atoms with Crippen molar-refractivity contribution >= 4 is 46.7 Å². The summed E-state index contributed by atoms with van der Waals surface area (Å²) in [5.41, 5.74) is -0.511. The summed E-state index contributed by atoms with van der Waals surface area (Å²) in [5.74, 6) is -0.822. The summed E-state index contributed by atoms with van der Waals surface area (Å²) in [6.45, 7) is 1.52. The molecule has 0 radical (unpaired) electrons. The molecule has 4 amide bonds. The van der Waals surface area contributed by atoms with Crippen molar-refractivity contribution in [1.82, 2.24) is 10.2 Å². The molecule has 0 unspecified atom stereocenters. The lowest BCUT2D eigenvalue weighted by Gasteiger charge is -2.31. The van der Waals surface area contributed by atoms with Crippen molar-refractivity contribution in [3.8, 4) is 0 Å². The number of carbonyl (C=O) groups excluding carboxylic acids is 3. The number of benzene rings is 1. The van der Waals surface area contributed by atoms with Crippen LogP contribution >= 0.6 is 23.2 Å². The normalized spacial score (nSPS) is 20.5. The number of hydrogen-bond acceptors (Lipinski definition) is 3. The third kappa shape index (κ3) is 3.33. The van der Waals surface area contributed by atoms with E-state index in [0.717, 1.165) is 24.2 Å². The van der Waals surface area contributed by atoms with Gasteiger partial charge in [0.25, 0.3) is 5.91 Å². The van der Waals surface area contributed by atoms with Crippen LogP contribution in [-0.2, 0) is 9.59 Å². The molecule has 1 spiro atoms. The standard InChI is InChI=1S/C17H19Cl2N3O3/c1-10(14(23)20-13-9-11(18)5-6-12(13)19)22-15(24)17(21-16(22)25)7-3-2-4-8-17/h5-6,9-10H,2-4,7-8H2,1H3,(H,20,23)(H,21,25)/t10-/m0/s1. The van der Waals surface area contributed by atoms with Crippen LogP contribution in [0.3, 0.4) is 0 Å². The number of carbonyl (C=O) groups is 3. The fourth-order valence-corrected chi connectivity index (χ4v) is 3.77. The lowest BCUT2D eigenvalue weighted by Crippen LogP contribution is -2.50. The second-order valence-corrected chi connectivity index (χ2v) is 7.38. The van der Waals surface area contributed by atoms with Gasteiger partial charge in [-0.25, -0.2) is 9.69 Å². The van der Waals surface area contributed by atoms with Crippen molar-refractivity contribution in [3.63, 3.8) is 0 Å². The highest BCUT2D eigenvalue weighted by molar-refractivity contribution is 6.35. The highest BCUT2D eigenvalue weighted by atomic mass is 35.5. The summed E-state index contributed by atoms with van der Waals surface area (Å²) >= 11 is 12.0. The van der Waals surface area contributed by atoms with Gasteiger partial charge in [-0.15, -0.1) is 0 Å². The van der Waals surface area contributed by atoms with Gasteiger partial charge in [0.15, 0.2) is 0 Å². The zero-order valence-electron chi connectivity index (χ0n) is 13.8. The van der Waals surface area contributed by atoms with Crippen molar-refractivity contribution in [3.05, 3.63) is 28.2 Å². The van der Waals surface area contributed by atoms with E-state index in [1.54, 1.807) is 12.1 Å². The number of urea groups is 1. The van der Waals surface area contributed by atoms with Crippen molar-refractivity contribution in [2.75, 3.05) is 5.32 Å². The molecule has 1 heterocycles. The van der Waals surface area contributed by atoms with E-state index in [1.807, 2.05) is 0 Å². The molecule has 1 aliphatic heterocycles. The lowest BCUT2D eigenvalue weighted by atomic mass is 9.81. The van der Waals surface area contributed by atoms with E-state index >= 15 is 0 Å². The van der Waals surface area contributed by atoms with E-state index < -0.39 is 23.5 Å². The predicted octanol–water partition coefficient (Wildman–Crippen LogP) is 3.58. The molecule has 1 aliphatic carbocycles. The fraction of sp³-hybridized carbons (Fsp3) is 0.471. The highest BCUT2D eigenvalue weighted by Gasteiger charge is 2.53. The zero-order chi connectivity index (χ0) is 18.2. The molecule has 134 valence electrons. The summed E-state index contributed by atoms with van der Waals surface area (Å²) in [6, 6.07) is 3.21. The Morgan fingerprint density at radius 1 is 1.24 bits per heavy atom. The molecular formula is C17H19Cl2N3O3. The Hall–Kier alpha value is -1.79. The minimum Gasteiger partial charge on any atom is -0.323 e. The smallest absolute Gasteiger partial charge is 0.323 e. The molecule has 0 bridgehead atoms. The monoisotopic (exact) mass is 383 g/mol. The second kappa shape index (κ2) is 6.84. The minimum absolute atomic E-state index is 0.322. The second-order valence-electron chi connectivity index (χ2n) is 6.54. The summed E-state index contributed by atoms with van der Waals surface area (Å²) in [4.78, 5) is 38.7. The Morgan fingerprint density at radius 3 is 2.60 bits per heavy atom. The summed E-state index contributed by atoms with van der Waals surface area (Å²) in [7, 11) is 0. The highest BCUT2D eigenvalue weighted by Crippen LogP contribution is 2.34. The van der Waals surface area contributed by atoms with Crippen LogP contribution in [0.4, 0.5) is 10.5 Å². The largest absolute Gasteiger partial charge is 0.325 e. The van der Waals surface area contributed by atoms with Crippen LogP contribution in [0.5, 0.6) is 0 Å². The predicted molar refractivity (Wildman–Crippen MR) is 95.7 cm³/mol. The first-order chi connectivity index (χ1) is 11.8. The molecule has 25 heavy (non-hydrogen) atoms. The molecule has 1 aromatic rings. The van der Waals surface area contributed by atoms with E-state index in [9.17, 15) is 14.4 Å². The van der Waals surface area contributed by atoms with Crippen LogP contribution in [0.15, 0.2) is 18.2 Å². The maximum Gasteiger partial charge on any atom is 0.325 e. The first-order valence-electron chi connectivity index (χ1n) is 8.26. The van der Waals surface area contributed by atoms with Crippen LogP contribution in [0.25, 0.3) is 0 Å². The van der Waals surface area contributed by atoms with Crippen LogP contribution in [0.2, 0.25) is 10.0 Å². The van der Waals surface area contributed by atoms with Gasteiger partial charge in [0.2, 0.25) is 5.91 Å². The van der Waals surface area contributed by atoms with Gasteiger partial charge in [0.05, 0.1) is 10.7 Å². The fourth-order valence-electron chi connectivity index (χ4n) is 3.43. The van der Waals surface area contributed by atoms with E-state index in [1.165, 1.54) is 13.0 Å². The van der Waals surface area contributed by atoms with Crippen molar-refractivity contribution in [1.29, 1.82) is 0 Å². The van der Waals surface area contributed by atoms with E-state index in [4.69, 9.17) is 23.2 Å². The van der Waals surface area contributed by atoms with E-state index in [-0.39, 0.29) is 5.91 Å². The average molecular weight is 384 g/mol. The van der Waals surface area contributed by atoms with Crippen LogP contribution in [0, 0.1) is 0 Å². The van der Waals surface area contributed by atoms with Gasteiger partial charge >= 0.3 is 6.03 Å². The Labute approximate surface area is 155 Å². The van der Waals surface area contributed by atoms with Gasteiger partial charge in [-0.3, -0.25) is 9.59 Å². The van der Waals surface area contributed by atoms with Gasteiger partial charge in [0, 0.05) is 5.02 Å². The third-order valence-electron chi connectivity index (χ3n) is 4.85. The Kier molecular flexibility index (Phi) is 4.93. The Morgan fingerprint density at radius 2 is 1.92 bits per heavy atom. The molecule has 2 aliphatic rings. The lowest BCUT2D eigenvalue weighted by molar-refractivity contribution is -0.137. The topological polar surface area (TPSA) is 78.5 Å². The Balaban J connectivity index is 1.76. The van der Waals surface area contributed by atoms with Crippen molar-refractivity contribution < 1.29 is 14.4 Å². The van der Waals surface area contributed by atoms with Crippen LogP contribution in [0.1, 0.15) is 39.0 Å². The number of halogens is 2. The molecule has 1 aromatic carbocycles. The molecule has 1 saturated heterocycles. The van der Waals surface area contributed by atoms with Gasteiger partial charge in [-0.05, 0) is 38.0 Å². The number of imide groups is 1. The molecule has 6 nitrogen and oxygen atoms in total. The maximum atomic E-state index is 12.8.